The Morgan fingerprint density at radius 2 is 1.96 bits per heavy atom. The van der Waals surface area contributed by atoms with Crippen LogP contribution in [0.25, 0.3) is 0 Å². The number of rotatable bonds is 7. The molecule has 2 aromatic rings. The molecule has 0 amide bonds. The molecule has 0 aliphatic rings. The number of para-hydroxylation sites is 1. The third-order valence-corrected chi connectivity index (χ3v) is 3.77. The summed E-state index contributed by atoms with van der Waals surface area (Å²) in [5, 5.41) is 18.9. The Kier molecular flexibility index (Phi) is 6.35. The molecule has 14 heteroatoms. The molecular formula is C13H15F3N6O4S. The Bertz CT molecular complexity index is 913. The van der Waals surface area contributed by atoms with Gasteiger partial charge in [0.25, 0.3) is 0 Å². The van der Waals surface area contributed by atoms with Crippen LogP contribution in [-0.2, 0) is 16.2 Å². The van der Waals surface area contributed by atoms with Gasteiger partial charge in [-0.05, 0) is 22.4 Å². The van der Waals surface area contributed by atoms with E-state index in [0.717, 1.165) is 18.4 Å². The van der Waals surface area contributed by atoms with Gasteiger partial charge >= 0.3 is 6.18 Å². The first-order valence-electron chi connectivity index (χ1n) is 7.28. The van der Waals surface area contributed by atoms with E-state index >= 15 is 0 Å². The molecule has 0 saturated carbocycles. The van der Waals surface area contributed by atoms with Crippen LogP contribution >= 0.6 is 0 Å². The molecule has 0 radical (unpaired) electrons. The zero-order chi connectivity index (χ0) is 20.1. The molecule has 4 N–H and O–H groups in total. The fourth-order valence-corrected chi connectivity index (χ4v) is 2.41. The Hall–Kier alpha value is -2.71. The summed E-state index contributed by atoms with van der Waals surface area (Å²) in [5.41, 5.74) is -0.0214. The van der Waals surface area contributed by atoms with E-state index in [9.17, 15) is 26.8 Å². The predicted molar refractivity (Wildman–Crippen MR) is 88.2 cm³/mol. The molecule has 148 valence electrons. The second kappa shape index (κ2) is 8.32. The van der Waals surface area contributed by atoms with Crippen LogP contribution in [0.2, 0.25) is 0 Å². The lowest BCUT2D eigenvalue weighted by Gasteiger charge is -2.10. The van der Waals surface area contributed by atoms with Crippen molar-refractivity contribution in [2.45, 2.75) is 6.18 Å². The van der Waals surface area contributed by atoms with Crippen molar-refractivity contribution >= 4 is 27.4 Å². The Labute approximate surface area is 151 Å². The topological polar surface area (TPSA) is 142 Å². The fourth-order valence-electron chi connectivity index (χ4n) is 1.94. The van der Waals surface area contributed by atoms with E-state index in [0.29, 0.717) is 0 Å². The molecule has 0 bridgehead atoms. The minimum atomic E-state index is -4.65. The molecule has 1 heterocycles. The van der Waals surface area contributed by atoms with Crippen molar-refractivity contribution < 1.29 is 31.4 Å². The summed E-state index contributed by atoms with van der Waals surface area (Å²) in [6, 6.07) is 4.50. The summed E-state index contributed by atoms with van der Waals surface area (Å²) in [7, 11) is -3.39. The van der Waals surface area contributed by atoms with Gasteiger partial charge in [-0.25, -0.2) is 22.8 Å². The van der Waals surface area contributed by atoms with Crippen LogP contribution in [0.4, 0.5) is 24.7 Å². The van der Waals surface area contributed by atoms with Crippen molar-refractivity contribution in [2.75, 3.05) is 24.7 Å². The SMILES string of the molecule is CS(=O)(=O)NCCNc1nonc1C(=Nc1ccccc1C(F)(F)F)NO. The number of nitrogens with zero attached hydrogens (tertiary/aromatic N) is 3. The first-order valence-corrected chi connectivity index (χ1v) is 9.17. The predicted octanol–water partition coefficient (Wildman–Crippen LogP) is 1.11. The molecule has 0 aliphatic heterocycles. The Morgan fingerprint density at radius 3 is 2.59 bits per heavy atom. The number of aliphatic imine (C=N–C) groups is 1. The van der Waals surface area contributed by atoms with Gasteiger partial charge in [0.1, 0.15) is 0 Å². The summed E-state index contributed by atoms with van der Waals surface area (Å²) in [6.07, 6.45) is -3.67. The Balaban J connectivity index is 2.25. The highest BCUT2D eigenvalue weighted by molar-refractivity contribution is 7.88. The van der Waals surface area contributed by atoms with E-state index in [-0.39, 0.29) is 24.6 Å². The number of nitrogens with one attached hydrogen (secondary N) is 3. The van der Waals surface area contributed by atoms with E-state index in [1.165, 1.54) is 12.1 Å². The van der Waals surface area contributed by atoms with Crippen LogP contribution in [0.15, 0.2) is 33.9 Å². The minimum absolute atomic E-state index is 0.00106. The number of hydroxylamine groups is 1. The number of sulfonamides is 1. The zero-order valence-electron chi connectivity index (χ0n) is 13.8. The molecule has 1 aromatic heterocycles. The van der Waals surface area contributed by atoms with E-state index in [2.05, 4.69) is 30.0 Å². The van der Waals surface area contributed by atoms with Gasteiger partial charge in [0.2, 0.25) is 15.8 Å². The van der Waals surface area contributed by atoms with Crippen molar-refractivity contribution in [3.63, 3.8) is 0 Å². The van der Waals surface area contributed by atoms with Gasteiger partial charge in [-0.15, -0.1) is 0 Å². The second-order valence-electron chi connectivity index (χ2n) is 5.14. The van der Waals surface area contributed by atoms with Gasteiger partial charge < -0.3 is 5.32 Å². The first-order chi connectivity index (χ1) is 12.6. The van der Waals surface area contributed by atoms with Crippen LogP contribution < -0.4 is 15.5 Å². The van der Waals surface area contributed by atoms with Gasteiger partial charge in [-0.2, -0.15) is 13.2 Å². The van der Waals surface area contributed by atoms with Crippen LogP contribution in [0, 0.1) is 0 Å². The molecule has 0 unspecified atom stereocenters. The van der Waals surface area contributed by atoms with Crippen molar-refractivity contribution in [1.82, 2.24) is 20.5 Å². The van der Waals surface area contributed by atoms with Crippen LogP contribution in [0.1, 0.15) is 11.3 Å². The first kappa shape index (κ1) is 20.6. The lowest BCUT2D eigenvalue weighted by molar-refractivity contribution is -0.137. The van der Waals surface area contributed by atoms with Gasteiger partial charge in [0.15, 0.2) is 11.5 Å². The van der Waals surface area contributed by atoms with Crippen molar-refractivity contribution in [1.29, 1.82) is 0 Å². The molecule has 2 rings (SSSR count). The van der Waals surface area contributed by atoms with Gasteiger partial charge in [-0.1, -0.05) is 12.1 Å². The monoisotopic (exact) mass is 408 g/mol. The summed E-state index contributed by atoms with van der Waals surface area (Å²) in [4.78, 5) is 3.74. The highest BCUT2D eigenvalue weighted by Crippen LogP contribution is 2.36. The lowest BCUT2D eigenvalue weighted by Crippen LogP contribution is -2.28. The molecule has 1 aromatic carbocycles. The maximum Gasteiger partial charge on any atom is 0.418 e. The lowest BCUT2D eigenvalue weighted by atomic mass is 10.2. The number of halogens is 3. The number of hydrogen-bond donors (Lipinski definition) is 4. The number of alkyl halides is 3. The molecule has 27 heavy (non-hydrogen) atoms. The van der Waals surface area contributed by atoms with E-state index in [1.807, 2.05) is 0 Å². The maximum absolute atomic E-state index is 13.1. The van der Waals surface area contributed by atoms with Crippen molar-refractivity contribution in [2.24, 2.45) is 4.99 Å². The molecule has 0 saturated heterocycles. The number of anilines is 1. The third-order valence-electron chi connectivity index (χ3n) is 3.04. The average Bonchev–Trinajstić information content (AvgIpc) is 3.03. The zero-order valence-corrected chi connectivity index (χ0v) is 14.6. The summed E-state index contributed by atoms with van der Waals surface area (Å²) in [5.74, 6) is -0.512. The van der Waals surface area contributed by atoms with Crippen LogP contribution in [0.5, 0.6) is 0 Å². The van der Waals surface area contributed by atoms with Crippen molar-refractivity contribution in [3.8, 4) is 0 Å². The Morgan fingerprint density at radius 1 is 1.26 bits per heavy atom. The van der Waals surface area contributed by atoms with Crippen LogP contribution in [-0.4, -0.2) is 49.1 Å². The van der Waals surface area contributed by atoms with Crippen LogP contribution in [0.3, 0.4) is 0 Å². The summed E-state index contributed by atoms with van der Waals surface area (Å²) < 4.78 is 67.9. The van der Waals surface area contributed by atoms with Crippen molar-refractivity contribution in [3.05, 3.63) is 35.5 Å². The minimum Gasteiger partial charge on any atom is -0.364 e. The molecule has 0 fully saturated rings. The quantitative estimate of drug-likeness (QED) is 0.231. The molecule has 10 nitrogen and oxygen atoms in total. The van der Waals surface area contributed by atoms with Gasteiger partial charge in [0, 0.05) is 13.1 Å². The molecule has 0 aliphatic carbocycles. The highest BCUT2D eigenvalue weighted by Gasteiger charge is 2.33. The van der Waals surface area contributed by atoms with E-state index in [1.54, 1.807) is 5.48 Å². The van der Waals surface area contributed by atoms with Gasteiger partial charge in [-0.3, -0.25) is 10.7 Å². The molecule has 0 atom stereocenters. The molecule has 0 spiro atoms. The largest absolute Gasteiger partial charge is 0.418 e. The molecular weight excluding hydrogens is 393 g/mol. The normalized spacial score (nSPS) is 12.9. The van der Waals surface area contributed by atoms with E-state index in [4.69, 9.17) is 0 Å². The number of benzene rings is 1. The summed E-state index contributed by atoms with van der Waals surface area (Å²) >= 11 is 0. The summed E-state index contributed by atoms with van der Waals surface area (Å²) in [6.45, 7) is 0.0627. The van der Waals surface area contributed by atoms with Gasteiger partial charge in [0.05, 0.1) is 17.5 Å². The third kappa shape index (κ3) is 5.90. The standard InChI is InChI=1S/C13H15F3N6O4S/c1-27(24,25)18-7-6-17-11-10(21-26-22-11)12(20-23)19-9-5-3-2-4-8(9)13(14,15)16/h2-5,18,23H,6-7H2,1H3,(H,17,22)(H,19,20). The second-order valence-corrected chi connectivity index (χ2v) is 6.97. The highest BCUT2D eigenvalue weighted by atomic mass is 32.2. The average molecular weight is 408 g/mol. The van der Waals surface area contributed by atoms with E-state index < -0.39 is 33.3 Å². The maximum atomic E-state index is 13.1. The number of aromatic nitrogens is 2. The number of hydrogen-bond acceptors (Lipinski definition) is 8. The fraction of sp³-hybridized carbons (Fsp3) is 0.308. The smallest absolute Gasteiger partial charge is 0.364 e. The number of amidine groups is 1.